The van der Waals surface area contributed by atoms with E-state index in [1.54, 1.807) is 12.1 Å². The van der Waals surface area contributed by atoms with Gasteiger partial charge in [-0.2, -0.15) is 0 Å². The van der Waals surface area contributed by atoms with Crippen LogP contribution in [-0.4, -0.2) is 29.6 Å². The van der Waals surface area contributed by atoms with Gasteiger partial charge in [0.2, 0.25) is 5.91 Å². The maximum atomic E-state index is 12.2. The second-order valence-electron chi connectivity index (χ2n) is 4.47. The number of aliphatic hydroxyl groups is 1. The zero-order valence-electron chi connectivity index (χ0n) is 11.6. The van der Waals surface area contributed by atoms with Gasteiger partial charge in [-0.3, -0.25) is 9.59 Å². The Balaban J connectivity index is 2.88. The molecular weight excluding hydrogens is 280 g/mol. The molecule has 20 heavy (non-hydrogen) atoms. The van der Waals surface area contributed by atoms with Crippen LogP contribution in [0, 0.1) is 0 Å². The highest BCUT2D eigenvalue weighted by Crippen LogP contribution is 2.21. The summed E-state index contributed by atoms with van der Waals surface area (Å²) in [4.78, 5) is 23.2. The monoisotopic (exact) mass is 298 g/mol. The van der Waals surface area contributed by atoms with Crippen LogP contribution in [0.5, 0.6) is 0 Å². The molecule has 0 radical (unpaired) electrons. The predicted octanol–water partition coefficient (Wildman–Crippen LogP) is 2.19. The van der Waals surface area contributed by atoms with Crippen molar-refractivity contribution in [3.63, 3.8) is 0 Å². The Bertz CT molecular complexity index is 491. The summed E-state index contributed by atoms with van der Waals surface area (Å²) in [5.74, 6) is -0.534. The number of nitrogens with one attached hydrogen (secondary N) is 2. The lowest BCUT2D eigenvalue weighted by molar-refractivity contribution is -0.114. The molecule has 0 bridgehead atoms. The SMILES string of the molecule is CCC(CCO)NC(=O)c1cc(NC(C)=O)ccc1Cl. The number of hydrogen-bond donors (Lipinski definition) is 3. The van der Waals surface area contributed by atoms with Crippen molar-refractivity contribution in [2.45, 2.75) is 32.7 Å². The van der Waals surface area contributed by atoms with Gasteiger partial charge in [-0.25, -0.2) is 0 Å². The van der Waals surface area contributed by atoms with Crippen LogP contribution >= 0.6 is 11.6 Å². The van der Waals surface area contributed by atoms with Crippen LogP contribution in [-0.2, 0) is 4.79 Å². The second-order valence-corrected chi connectivity index (χ2v) is 4.87. The van der Waals surface area contributed by atoms with Crippen LogP contribution in [0.1, 0.15) is 37.0 Å². The molecule has 0 saturated heterocycles. The third-order valence-corrected chi connectivity index (χ3v) is 3.17. The lowest BCUT2D eigenvalue weighted by Gasteiger charge is -2.16. The smallest absolute Gasteiger partial charge is 0.253 e. The molecule has 1 aromatic carbocycles. The molecule has 2 amide bonds. The molecule has 5 nitrogen and oxygen atoms in total. The van der Waals surface area contributed by atoms with E-state index in [0.717, 1.165) is 6.42 Å². The van der Waals surface area contributed by atoms with Gasteiger partial charge in [0.1, 0.15) is 0 Å². The van der Waals surface area contributed by atoms with E-state index in [-0.39, 0.29) is 24.5 Å². The van der Waals surface area contributed by atoms with Crippen LogP contribution in [0.3, 0.4) is 0 Å². The molecule has 0 heterocycles. The Hall–Kier alpha value is -1.59. The quantitative estimate of drug-likeness (QED) is 0.753. The largest absolute Gasteiger partial charge is 0.396 e. The summed E-state index contributed by atoms with van der Waals surface area (Å²) in [6.07, 6.45) is 1.21. The Morgan fingerprint density at radius 2 is 2.10 bits per heavy atom. The first-order valence-corrected chi connectivity index (χ1v) is 6.84. The standard InChI is InChI=1S/C14H19ClN2O3/c1-3-10(6-7-18)17-14(20)12-8-11(16-9(2)19)4-5-13(12)15/h4-5,8,10,18H,3,6-7H2,1-2H3,(H,16,19)(H,17,20). The van der Waals surface area contributed by atoms with E-state index in [2.05, 4.69) is 10.6 Å². The van der Waals surface area contributed by atoms with E-state index in [0.29, 0.717) is 22.7 Å². The van der Waals surface area contributed by atoms with Crippen molar-refractivity contribution in [3.05, 3.63) is 28.8 Å². The molecule has 1 aromatic rings. The third-order valence-electron chi connectivity index (χ3n) is 2.84. The van der Waals surface area contributed by atoms with Crippen LogP contribution < -0.4 is 10.6 Å². The number of carbonyl (C=O) groups is 2. The fourth-order valence-corrected chi connectivity index (χ4v) is 1.98. The fraction of sp³-hybridized carbons (Fsp3) is 0.429. The lowest BCUT2D eigenvalue weighted by atomic mass is 10.1. The average Bonchev–Trinajstić information content (AvgIpc) is 2.39. The molecule has 0 spiro atoms. The number of hydrogen-bond acceptors (Lipinski definition) is 3. The first kappa shape index (κ1) is 16.5. The van der Waals surface area contributed by atoms with Crippen LogP contribution in [0.4, 0.5) is 5.69 Å². The summed E-state index contributed by atoms with van der Waals surface area (Å²) in [6.45, 7) is 3.33. The van der Waals surface area contributed by atoms with Crippen molar-refractivity contribution in [2.24, 2.45) is 0 Å². The van der Waals surface area contributed by atoms with Gasteiger partial charge in [-0.05, 0) is 31.0 Å². The molecule has 0 aliphatic carbocycles. The minimum atomic E-state index is -0.317. The van der Waals surface area contributed by atoms with Crippen molar-refractivity contribution in [2.75, 3.05) is 11.9 Å². The van der Waals surface area contributed by atoms with Gasteiger partial charge in [0.05, 0.1) is 10.6 Å². The molecule has 0 aliphatic rings. The fourth-order valence-electron chi connectivity index (χ4n) is 1.78. The summed E-state index contributed by atoms with van der Waals surface area (Å²) in [5, 5.41) is 14.7. The third kappa shape index (κ3) is 4.83. The summed E-state index contributed by atoms with van der Waals surface area (Å²) in [6, 6.07) is 4.62. The molecule has 3 N–H and O–H groups in total. The maximum absolute atomic E-state index is 12.2. The molecule has 0 fully saturated rings. The number of benzene rings is 1. The normalized spacial score (nSPS) is 11.8. The van der Waals surface area contributed by atoms with Gasteiger partial charge < -0.3 is 15.7 Å². The first-order valence-electron chi connectivity index (χ1n) is 6.46. The van der Waals surface area contributed by atoms with E-state index in [1.807, 2.05) is 6.92 Å². The van der Waals surface area contributed by atoms with E-state index in [9.17, 15) is 9.59 Å². The second kappa shape index (κ2) is 7.87. The molecule has 0 aromatic heterocycles. The summed E-state index contributed by atoms with van der Waals surface area (Å²) < 4.78 is 0. The highest BCUT2D eigenvalue weighted by molar-refractivity contribution is 6.34. The molecule has 6 heteroatoms. The minimum Gasteiger partial charge on any atom is -0.396 e. The van der Waals surface area contributed by atoms with Crippen LogP contribution in [0.25, 0.3) is 0 Å². The first-order chi connectivity index (χ1) is 9.47. The molecule has 1 unspecified atom stereocenters. The van der Waals surface area contributed by atoms with Crippen molar-refractivity contribution < 1.29 is 14.7 Å². The van der Waals surface area contributed by atoms with E-state index in [1.165, 1.54) is 13.0 Å². The van der Waals surface area contributed by atoms with E-state index < -0.39 is 0 Å². The number of amides is 2. The highest BCUT2D eigenvalue weighted by Gasteiger charge is 2.15. The Kier molecular flexibility index (Phi) is 6.48. The molecule has 110 valence electrons. The Labute approximate surface area is 123 Å². The van der Waals surface area contributed by atoms with Crippen molar-refractivity contribution in [3.8, 4) is 0 Å². The van der Waals surface area contributed by atoms with E-state index in [4.69, 9.17) is 16.7 Å². The van der Waals surface area contributed by atoms with Gasteiger partial charge in [-0.15, -0.1) is 0 Å². The topological polar surface area (TPSA) is 78.4 Å². The zero-order chi connectivity index (χ0) is 15.1. The Morgan fingerprint density at radius 1 is 1.40 bits per heavy atom. The zero-order valence-corrected chi connectivity index (χ0v) is 12.3. The van der Waals surface area contributed by atoms with Crippen LogP contribution in [0.2, 0.25) is 5.02 Å². The van der Waals surface area contributed by atoms with Gasteiger partial charge in [-0.1, -0.05) is 18.5 Å². The summed E-state index contributed by atoms with van der Waals surface area (Å²) in [7, 11) is 0. The number of halogens is 1. The molecule has 1 rings (SSSR count). The van der Waals surface area contributed by atoms with Crippen molar-refractivity contribution >= 4 is 29.1 Å². The van der Waals surface area contributed by atoms with Crippen molar-refractivity contribution in [1.82, 2.24) is 5.32 Å². The molecular formula is C14H19ClN2O3. The summed E-state index contributed by atoms with van der Waals surface area (Å²) in [5.41, 5.74) is 0.816. The number of aliphatic hydroxyl groups excluding tert-OH is 1. The van der Waals surface area contributed by atoms with E-state index >= 15 is 0 Å². The Morgan fingerprint density at radius 3 is 2.65 bits per heavy atom. The number of carbonyl (C=O) groups excluding carboxylic acids is 2. The highest BCUT2D eigenvalue weighted by atomic mass is 35.5. The van der Waals surface area contributed by atoms with Gasteiger partial charge in [0.25, 0.3) is 5.91 Å². The van der Waals surface area contributed by atoms with Crippen molar-refractivity contribution in [1.29, 1.82) is 0 Å². The average molecular weight is 299 g/mol. The maximum Gasteiger partial charge on any atom is 0.253 e. The van der Waals surface area contributed by atoms with Gasteiger partial charge >= 0.3 is 0 Å². The predicted molar refractivity (Wildman–Crippen MR) is 79.0 cm³/mol. The van der Waals surface area contributed by atoms with Gasteiger partial charge in [0, 0.05) is 25.3 Å². The minimum absolute atomic E-state index is 0.0124. The number of rotatable bonds is 6. The summed E-state index contributed by atoms with van der Waals surface area (Å²) >= 11 is 6.01. The van der Waals surface area contributed by atoms with Gasteiger partial charge in [0.15, 0.2) is 0 Å². The molecule has 0 saturated carbocycles. The van der Waals surface area contributed by atoms with Crippen LogP contribution in [0.15, 0.2) is 18.2 Å². The molecule has 1 atom stereocenters. The lowest BCUT2D eigenvalue weighted by Crippen LogP contribution is -2.35. The molecule has 0 aliphatic heterocycles. The number of anilines is 1.